The van der Waals surface area contributed by atoms with Gasteiger partial charge in [0.25, 0.3) is 15.9 Å². The molecular formula is C22H18F2N2O5S. The molecule has 0 aromatic heterocycles. The van der Waals surface area contributed by atoms with Crippen molar-refractivity contribution in [1.29, 1.82) is 0 Å². The van der Waals surface area contributed by atoms with Crippen LogP contribution in [0.15, 0.2) is 77.7 Å². The summed E-state index contributed by atoms with van der Waals surface area (Å²) in [6.45, 7) is 1.35. The number of hydrogen-bond donors (Lipinski definition) is 2. The lowest BCUT2D eigenvalue weighted by Gasteiger charge is -2.16. The van der Waals surface area contributed by atoms with Gasteiger partial charge in [-0.15, -0.1) is 0 Å². The lowest BCUT2D eigenvalue weighted by atomic mass is 10.2. The number of sulfonamides is 1. The van der Waals surface area contributed by atoms with Gasteiger partial charge in [-0.1, -0.05) is 30.3 Å². The summed E-state index contributed by atoms with van der Waals surface area (Å²) in [4.78, 5) is 24.0. The number of hydrogen-bond acceptors (Lipinski definition) is 5. The predicted molar refractivity (Wildman–Crippen MR) is 114 cm³/mol. The van der Waals surface area contributed by atoms with Crippen LogP contribution in [0.3, 0.4) is 0 Å². The molecule has 3 aromatic rings. The normalized spacial score (nSPS) is 12.0. The van der Waals surface area contributed by atoms with E-state index >= 15 is 0 Å². The number of nitrogens with one attached hydrogen (secondary N) is 2. The van der Waals surface area contributed by atoms with Gasteiger partial charge in [-0.25, -0.2) is 22.0 Å². The maximum absolute atomic E-state index is 13.9. The molecule has 0 saturated carbocycles. The van der Waals surface area contributed by atoms with Gasteiger partial charge in [0.1, 0.15) is 16.5 Å². The summed E-state index contributed by atoms with van der Waals surface area (Å²) in [6.07, 6.45) is -1.20. The quantitative estimate of drug-likeness (QED) is 0.520. The van der Waals surface area contributed by atoms with E-state index < -0.39 is 44.5 Å². The molecular weight excluding hydrogens is 442 g/mol. The molecule has 7 nitrogen and oxygen atoms in total. The lowest BCUT2D eigenvalue weighted by molar-refractivity contribution is -0.123. The number of amides is 1. The molecule has 32 heavy (non-hydrogen) atoms. The highest BCUT2D eigenvalue weighted by Crippen LogP contribution is 2.23. The molecule has 166 valence electrons. The van der Waals surface area contributed by atoms with Crippen molar-refractivity contribution in [3.8, 4) is 0 Å². The second-order valence-electron chi connectivity index (χ2n) is 6.63. The molecule has 0 saturated heterocycles. The number of ether oxygens (including phenoxy) is 1. The van der Waals surface area contributed by atoms with E-state index in [4.69, 9.17) is 4.74 Å². The molecule has 3 rings (SSSR count). The van der Waals surface area contributed by atoms with Gasteiger partial charge in [0, 0.05) is 5.69 Å². The largest absolute Gasteiger partial charge is 0.449 e. The molecule has 0 heterocycles. The van der Waals surface area contributed by atoms with Crippen LogP contribution < -0.4 is 10.0 Å². The highest BCUT2D eigenvalue weighted by Gasteiger charge is 2.25. The van der Waals surface area contributed by atoms with Crippen molar-refractivity contribution in [2.24, 2.45) is 0 Å². The highest BCUT2D eigenvalue weighted by molar-refractivity contribution is 7.92. The fraction of sp³-hybridized carbons (Fsp3) is 0.0909. The van der Waals surface area contributed by atoms with Gasteiger partial charge >= 0.3 is 5.97 Å². The Bertz CT molecular complexity index is 1250. The average molecular weight is 460 g/mol. The number of carbonyl (C=O) groups is 2. The standard InChI is InChI=1S/C22H18F2N2O5S/c1-14(21(27)25-16-7-3-2-4-8-16)31-22(28)17-9-5-6-10-19(17)26-32(29,30)20-13-15(23)11-12-18(20)24/h2-14,26H,1H3,(H,25,27)/t14-/m0/s1. The number of carbonyl (C=O) groups excluding carboxylic acids is 2. The van der Waals surface area contributed by atoms with Crippen LogP contribution in [-0.4, -0.2) is 26.4 Å². The summed E-state index contributed by atoms with van der Waals surface area (Å²) in [5.74, 6) is -3.69. The molecule has 0 aliphatic carbocycles. The number of benzene rings is 3. The molecule has 10 heteroatoms. The van der Waals surface area contributed by atoms with Gasteiger partial charge in [0.15, 0.2) is 6.10 Å². The molecule has 2 N–H and O–H groups in total. The SMILES string of the molecule is C[C@H](OC(=O)c1ccccc1NS(=O)(=O)c1cc(F)ccc1F)C(=O)Nc1ccccc1. The first-order valence-electron chi connectivity index (χ1n) is 9.31. The van der Waals surface area contributed by atoms with Crippen LogP contribution in [-0.2, 0) is 19.6 Å². The number of para-hydroxylation sites is 2. The van der Waals surface area contributed by atoms with Crippen LogP contribution in [0.1, 0.15) is 17.3 Å². The molecule has 0 spiro atoms. The minimum absolute atomic E-state index is 0.216. The second-order valence-corrected chi connectivity index (χ2v) is 8.28. The summed E-state index contributed by atoms with van der Waals surface area (Å²) >= 11 is 0. The van der Waals surface area contributed by atoms with E-state index in [0.29, 0.717) is 17.8 Å². The van der Waals surface area contributed by atoms with E-state index in [1.165, 1.54) is 31.2 Å². The molecule has 0 fully saturated rings. The van der Waals surface area contributed by atoms with E-state index in [2.05, 4.69) is 10.0 Å². The van der Waals surface area contributed by atoms with Gasteiger partial charge in [0.2, 0.25) is 0 Å². The zero-order valence-electron chi connectivity index (χ0n) is 16.7. The smallest absolute Gasteiger partial charge is 0.341 e. The van der Waals surface area contributed by atoms with Gasteiger partial charge in [-0.3, -0.25) is 9.52 Å². The van der Waals surface area contributed by atoms with Crippen molar-refractivity contribution in [2.45, 2.75) is 17.9 Å². The van der Waals surface area contributed by atoms with Crippen molar-refractivity contribution in [3.63, 3.8) is 0 Å². The Kier molecular flexibility index (Phi) is 6.84. The summed E-state index contributed by atoms with van der Waals surface area (Å²) in [5.41, 5.74) is 0.0646. The van der Waals surface area contributed by atoms with Crippen LogP contribution in [0.5, 0.6) is 0 Å². The third-order valence-corrected chi connectivity index (χ3v) is 5.65. The van der Waals surface area contributed by atoms with Gasteiger partial charge in [0.05, 0.1) is 11.3 Å². The van der Waals surface area contributed by atoms with E-state index in [1.54, 1.807) is 30.3 Å². The summed E-state index contributed by atoms with van der Waals surface area (Å²) in [7, 11) is -4.56. The number of anilines is 2. The molecule has 0 unspecified atom stereocenters. The first-order chi connectivity index (χ1) is 15.2. The Labute approximate surface area is 183 Å². The molecule has 1 amide bonds. The minimum atomic E-state index is -4.56. The molecule has 0 aliphatic heterocycles. The van der Waals surface area contributed by atoms with E-state index in [0.717, 1.165) is 6.07 Å². The Morgan fingerprint density at radius 1 is 0.938 bits per heavy atom. The van der Waals surface area contributed by atoms with Crippen molar-refractivity contribution in [2.75, 3.05) is 10.0 Å². The molecule has 0 aliphatic rings. The van der Waals surface area contributed by atoms with Gasteiger partial charge < -0.3 is 10.1 Å². The maximum atomic E-state index is 13.9. The fourth-order valence-electron chi connectivity index (χ4n) is 2.68. The van der Waals surface area contributed by atoms with E-state index in [9.17, 15) is 26.8 Å². The third-order valence-electron chi connectivity index (χ3n) is 4.27. The average Bonchev–Trinajstić information content (AvgIpc) is 2.76. The summed E-state index contributed by atoms with van der Waals surface area (Å²) < 4.78 is 59.7. The number of halogens is 2. The molecule has 3 aromatic carbocycles. The first kappa shape index (κ1) is 22.9. The van der Waals surface area contributed by atoms with Crippen LogP contribution in [0.4, 0.5) is 20.2 Å². The molecule has 0 bridgehead atoms. The van der Waals surface area contributed by atoms with Gasteiger partial charge in [-0.2, -0.15) is 0 Å². The number of rotatable bonds is 7. The predicted octanol–water partition coefficient (Wildman–Crippen LogP) is 3.95. The minimum Gasteiger partial charge on any atom is -0.449 e. The molecule has 0 radical (unpaired) electrons. The lowest BCUT2D eigenvalue weighted by Crippen LogP contribution is -2.30. The topological polar surface area (TPSA) is 102 Å². The monoisotopic (exact) mass is 460 g/mol. The summed E-state index contributed by atoms with van der Waals surface area (Å²) in [6, 6.07) is 15.9. The number of esters is 1. The first-order valence-corrected chi connectivity index (χ1v) is 10.8. The van der Waals surface area contributed by atoms with E-state index in [-0.39, 0.29) is 11.3 Å². The Morgan fingerprint density at radius 3 is 2.31 bits per heavy atom. The Hall–Kier alpha value is -3.79. The van der Waals surface area contributed by atoms with Crippen molar-refractivity contribution in [3.05, 3.63) is 90.0 Å². The summed E-state index contributed by atoms with van der Waals surface area (Å²) in [5, 5.41) is 2.58. The Morgan fingerprint density at radius 2 is 1.59 bits per heavy atom. The maximum Gasteiger partial charge on any atom is 0.341 e. The van der Waals surface area contributed by atoms with Crippen LogP contribution >= 0.6 is 0 Å². The van der Waals surface area contributed by atoms with Crippen LogP contribution in [0, 0.1) is 11.6 Å². The highest BCUT2D eigenvalue weighted by atomic mass is 32.2. The van der Waals surface area contributed by atoms with E-state index in [1.807, 2.05) is 0 Å². The zero-order valence-corrected chi connectivity index (χ0v) is 17.5. The van der Waals surface area contributed by atoms with Gasteiger partial charge in [-0.05, 0) is 49.4 Å². The second kappa shape index (κ2) is 9.56. The van der Waals surface area contributed by atoms with Crippen LogP contribution in [0.2, 0.25) is 0 Å². The van der Waals surface area contributed by atoms with Crippen molar-refractivity contribution < 1.29 is 31.5 Å². The van der Waals surface area contributed by atoms with Crippen molar-refractivity contribution in [1.82, 2.24) is 0 Å². The fourth-order valence-corrected chi connectivity index (χ4v) is 3.85. The van der Waals surface area contributed by atoms with Crippen LogP contribution in [0.25, 0.3) is 0 Å². The zero-order chi connectivity index (χ0) is 23.3. The third kappa shape index (κ3) is 5.46. The Balaban J connectivity index is 1.77. The molecule has 1 atom stereocenters. The van der Waals surface area contributed by atoms with Crippen molar-refractivity contribution >= 4 is 33.3 Å².